The monoisotopic (exact) mass is 301 g/mol. The van der Waals surface area contributed by atoms with Gasteiger partial charge in [0.15, 0.2) is 0 Å². The van der Waals surface area contributed by atoms with E-state index in [0.29, 0.717) is 0 Å². The minimum atomic E-state index is 0.731. The van der Waals surface area contributed by atoms with Crippen molar-refractivity contribution in [2.45, 2.75) is 19.4 Å². The second kappa shape index (κ2) is 6.83. The maximum absolute atomic E-state index is 6.42. The van der Waals surface area contributed by atoms with Crippen molar-refractivity contribution >= 4 is 23.0 Å². The minimum Gasteiger partial charge on any atom is -0.370 e. The first-order valence-electron chi connectivity index (χ1n) is 7.40. The third-order valence-electron chi connectivity index (χ3n) is 3.76. The highest BCUT2D eigenvalue weighted by Gasteiger charge is 2.15. The van der Waals surface area contributed by atoms with Crippen molar-refractivity contribution in [1.29, 1.82) is 0 Å². The van der Waals surface area contributed by atoms with E-state index in [1.807, 2.05) is 30.3 Å². The predicted octanol–water partition coefficient (Wildman–Crippen LogP) is 4.06. The second-order valence-corrected chi connectivity index (χ2v) is 5.73. The van der Waals surface area contributed by atoms with Crippen LogP contribution in [-0.4, -0.2) is 13.1 Å². The van der Waals surface area contributed by atoms with E-state index in [4.69, 9.17) is 11.6 Å². The molecular weight excluding hydrogens is 282 g/mol. The van der Waals surface area contributed by atoms with E-state index in [-0.39, 0.29) is 0 Å². The zero-order valence-corrected chi connectivity index (χ0v) is 12.7. The molecule has 0 saturated carbocycles. The van der Waals surface area contributed by atoms with Gasteiger partial charge in [-0.2, -0.15) is 0 Å². The second-order valence-electron chi connectivity index (χ2n) is 5.32. The molecule has 0 amide bonds. The fourth-order valence-electron chi connectivity index (χ4n) is 2.64. The van der Waals surface area contributed by atoms with Crippen molar-refractivity contribution < 1.29 is 0 Å². The molecule has 0 unspecified atom stereocenters. The minimum absolute atomic E-state index is 0.731. The Balaban J connectivity index is 1.57. The quantitative estimate of drug-likeness (QED) is 0.816. The smallest absolute Gasteiger partial charge is 0.0642 e. The fourth-order valence-corrected chi connectivity index (χ4v) is 2.97. The highest BCUT2D eigenvalue weighted by atomic mass is 35.5. The summed E-state index contributed by atoms with van der Waals surface area (Å²) in [5.41, 5.74) is 9.78. The lowest BCUT2D eigenvalue weighted by Gasteiger charge is -2.19. The van der Waals surface area contributed by atoms with Gasteiger partial charge in [-0.1, -0.05) is 35.9 Å². The molecule has 3 nitrogen and oxygen atoms in total. The van der Waals surface area contributed by atoms with E-state index in [1.165, 1.54) is 18.4 Å². The Labute approximate surface area is 130 Å². The van der Waals surface area contributed by atoms with Crippen molar-refractivity contribution in [1.82, 2.24) is 5.43 Å². The summed E-state index contributed by atoms with van der Waals surface area (Å²) in [5, 5.41) is 0.843. The maximum atomic E-state index is 6.42. The number of hydrogen-bond donors (Lipinski definition) is 2. The molecule has 2 N–H and O–H groups in total. The SMILES string of the molecule is Clc1cc(CNNc2ccccc2)ccc1N1CCCC1. The van der Waals surface area contributed by atoms with Gasteiger partial charge in [-0.3, -0.25) is 0 Å². The van der Waals surface area contributed by atoms with Crippen molar-refractivity contribution in [3.63, 3.8) is 0 Å². The van der Waals surface area contributed by atoms with Crippen LogP contribution in [0.15, 0.2) is 48.5 Å². The molecule has 1 heterocycles. The number of rotatable bonds is 5. The van der Waals surface area contributed by atoms with Crippen LogP contribution in [0.5, 0.6) is 0 Å². The van der Waals surface area contributed by atoms with Gasteiger partial charge in [-0.05, 0) is 42.7 Å². The highest BCUT2D eigenvalue weighted by Crippen LogP contribution is 2.29. The number of benzene rings is 2. The van der Waals surface area contributed by atoms with Crippen LogP contribution in [0.3, 0.4) is 0 Å². The topological polar surface area (TPSA) is 27.3 Å². The number of para-hydroxylation sites is 1. The van der Waals surface area contributed by atoms with Gasteiger partial charge in [0.25, 0.3) is 0 Å². The lowest BCUT2D eigenvalue weighted by molar-refractivity contribution is 0.801. The van der Waals surface area contributed by atoms with Crippen LogP contribution in [0.4, 0.5) is 11.4 Å². The molecule has 3 rings (SSSR count). The Bertz CT molecular complexity index is 580. The molecule has 1 saturated heterocycles. The van der Waals surface area contributed by atoms with E-state index >= 15 is 0 Å². The van der Waals surface area contributed by atoms with E-state index in [2.05, 4.69) is 34.0 Å². The van der Waals surface area contributed by atoms with Gasteiger partial charge in [0, 0.05) is 25.3 Å². The number of halogens is 1. The zero-order valence-electron chi connectivity index (χ0n) is 12.0. The predicted molar refractivity (Wildman–Crippen MR) is 89.8 cm³/mol. The van der Waals surface area contributed by atoms with Crippen LogP contribution in [0.25, 0.3) is 0 Å². The normalized spacial score (nSPS) is 14.4. The number of nitrogens with one attached hydrogen (secondary N) is 2. The summed E-state index contributed by atoms with van der Waals surface area (Å²) in [5.74, 6) is 0. The van der Waals surface area contributed by atoms with Crippen LogP contribution < -0.4 is 15.8 Å². The van der Waals surface area contributed by atoms with E-state index < -0.39 is 0 Å². The molecule has 21 heavy (non-hydrogen) atoms. The summed E-state index contributed by atoms with van der Waals surface area (Å²) in [4.78, 5) is 2.36. The van der Waals surface area contributed by atoms with Crippen LogP contribution in [0.1, 0.15) is 18.4 Å². The molecule has 0 bridgehead atoms. The Kier molecular flexibility index (Phi) is 4.63. The largest absolute Gasteiger partial charge is 0.370 e. The van der Waals surface area contributed by atoms with Crippen LogP contribution >= 0.6 is 11.6 Å². The van der Waals surface area contributed by atoms with Crippen LogP contribution in [0.2, 0.25) is 5.02 Å². The number of hydrogen-bond acceptors (Lipinski definition) is 3. The third kappa shape index (κ3) is 3.69. The number of hydrazine groups is 1. The van der Waals surface area contributed by atoms with Gasteiger partial charge in [0.1, 0.15) is 0 Å². The summed E-state index contributed by atoms with van der Waals surface area (Å²) in [6, 6.07) is 16.4. The average Bonchev–Trinajstić information content (AvgIpc) is 3.02. The van der Waals surface area contributed by atoms with Gasteiger partial charge in [-0.25, -0.2) is 5.43 Å². The molecule has 1 aliphatic heterocycles. The van der Waals surface area contributed by atoms with E-state index in [9.17, 15) is 0 Å². The molecular formula is C17H20ClN3. The molecule has 2 aromatic rings. The molecule has 0 spiro atoms. The summed E-state index contributed by atoms with van der Waals surface area (Å²) in [6.45, 7) is 2.97. The van der Waals surface area contributed by atoms with Crippen molar-refractivity contribution in [3.05, 3.63) is 59.1 Å². The highest BCUT2D eigenvalue weighted by molar-refractivity contribution is 6.33. The lowest BCUT2D eigenvalue weighted by Crippen LogP contribution is -2.21. The zero-order chi connectivity index (χ0) is 14.5. The van der Waals surface area contributed by atoms with Crippen LogP contribution in [-0.2, 0) is 6.54 Å². The standard InChI is InChI=1S/C17H20ClN3/c18-16-12-14(8-9-17(16)21-10-4-5-11-21)13-19-20-15-6-2-1-3-7-15/h1-3,6-9,12,19-20H,4-5,10-11,13H2. The maximum Gasteiger partial charge on any atom is 0.0642 e. The molecule has 1 aliphatic rings. The molecule has 110 valence electrons. The van der Waals surface area contributed by atoms with Crippen molar-refractivity contribution in [2.75, 3.05) is 23.4 Å². The lowest BCUT2D eigenvalue weighted by atomic mass is 10.2. The van der Waals surface area contributed by atoms with Gasteiger partial charge in [0.05, 0.1) is 10.7 Å². The van der Waals surface area contributed by atoms with Gasteiger partial charge in [-0.15, -0.1) is 0 Å². The summed E-state index contributed by atoms with van der Waals surface area (Å²) in [7, 11) is 0. The fraction of sp³-hybridized carbons (Fsp3) is 0.294. The summed E-state index contributed by atoms with van der Waals surface area (Å²) < 4.78 is 0. The molecule has 1 fully saturated rings. The summed E-state index contributed by atoms with van der Waals surface area (Å²) >= 11 is 6.42. The molecule has 4 heteroatoms. The third-order valence-corrected chi connectivity index (χ3v) is 4.06. The Hall–Kier alpha value is -1.71. The first kappa shape index (κ1) is 14.2. The van der Waals surface area contributed by atoms with Crippen molar-refractivity contribution in [3.8, 4) is 0 Å². The average molecular weight is 302 g/mol. The number of nitrogens with zero attached hydrogens (tertiary/aromatic N) is 1. The Morgan fingerprint density at radius 1 is 1.00 bits per heavy atom. The first-order chi connectivity index (χ1) is 10.3. The number of anilines is 2. The Morgan fingerprint density at radius 2 is 1.76 bits per heavy atom. The molecule has 0 radical (unpaired) electrons. The van der Waals surface area contributed by atoms with Crippen molar-refractivity contribution in [2.24, 2.45) is 0 Å². The van der Waals surface area contributed by atoms with Gasteiger partial charge < -0.3 is 10.3 Å². The van der Waals surface area contributed by atoms with Crippen LogP contribution in [0, 0.1) is 0 Å². The molecule has 0 aliphatic carbocycles. The van der Waals surface area contributed by atoms with E-state index in [1.54, 1.807) is 0 Å². The molecule has 0 aromatic heterocycles. The first-order valence-corrected chi connectivity index (χ1v) is 7.78. The van der Waals surface area contributed by atoms with Gasteiger partial charge >= 0.3 is 0 Å². The summed E-state index contributed by atoms with van der Waals surface area (Å²) in [6.07, 6.45) is 2.53. The van der Waals surface area contributed by atoms with E-state index in [0.717, 1.165) is 36.0 Å². The molecule has 2 aromatic carbocycles. The molecule has 0 atom stereocenters. The van der Waals surface area contributed by atoms with Gasteiger partial charge in [0.2, 0.25) is 0 Å². The Morgan fingerprint density at radius 3 is 2.48 bits per heavy atom.